The molecule has 0 radical (unpaired) electrons. The molecule has 1 heterocycles. The number of nitrogens with one attached hydrogen (secondary N) is 1. The van der Waals surface area contributed by atoms with E-state index in [9.17, 15) is 13.9 Å². The summed E-state index contributed by atoms with van der Waals surface area (Å²) in [7, 11) is 0. The van der Waals surface area contributed by atoms with Crippen LogP contribution in [0, 0.1) is 11.6 Å². The van der Waals surface area contributed by atoms with E-state index in [1.165, 1.54) is 18.2 Å². The highest BCUT2D eigenvalue weighted by atomic mass is 35.5. The second-order valence-corrected chi connectivity index (χ2v) is 6.44. The summed E-state index contributed by atoms with van der Waals surface area (Å²) in [6.07, 6.45) is 0.157. The lowest BCUT2D eigenvalue weighted by Crippen LogP contribution is -2.35. The van der Waals surface area contributed by atoms with E-state index in [4.69, 9.17) is 11.6 Å². The van der Waals surface area contributed by atoms with E-state index in [0.717, 1.165) is 13.0 Å². The van der Waals surface area contributed by atoms with Crippen LogP contribution in [0.3, 0.4) is 0 Å². The number of halogens is 3. The zero-order valence-electron chi connectivity index (χ0n) is 13.1. The Morgan fingerprint density at radius 3 is 2.67 bits per heavy atom. The number of rotatable bonds is 5. The maximum atomic E-state index is 14.0. The van der Waals surface area contributed by atoms with E-state index >= 15 is 0 Å². The number of hydrogen-bond donors (Lipinski definition) is 2. The molecule has 24 heavy (non-hydrogen) atoms. The Morgan fingerprint density at radius 1 is 1.21 bits per heavy atom. The largest absolute Gasteiger partial charge is 0.387 e. The Labute approximate surface area is 144 Å². The van der Waals surface area contributed by atoms with Gasteiger partial charge in [-0.2, -0.15) is 0 Å². The SMILES string of the molecule is OC(CNC1CCN(c2ccc(Cl)cc2F)C1)c1ccc(F)cc1. The summed E-state index contributed by atoms with van der Waals surface area (Å²) in [6, 6.07) is 10.7. The van der Waals surface area contributed by atoms with Crippen LogP contribution in [0.2, 0.25) is 5.02 Å². The van der Waals surface area contributed by atoms with E-state index < -0.39 is 6.10 Å². The Morgan fingerprint density at radius 2 is 1.96 bits per heavy atom. The monoisotopic (exact) mass is 352 g/mol. The van der Waals surface area contributed by atoms with Gasteiger partial charge in [0, 0.05) is 30.7 Å². The molecule has 0 amide bonds. The summed E-state index contributed by atoms with van der Waals surface area (Å²) in [6.45, 7) is 1.77. The fourth-order valence-electron chi connectivity index (χ4n) is 2.96. The van der Waals surface area contributed by atoms with Crippen molar-refractivity contribution in [2.75, 3.05) is 24.5 Å². The van der Waals surface area contributed by atoms with Crippen molar-refractivity contribution in [1.82, 2.24) is 5.32 Å². The molecule has 2 unspecified atom stereocenters. The summed E-state index contributed by atoms with van der Waals surface area (Å²) < 4.78 is 26.9. The van der Waals surface area contributed by atoms with Gasteiger partial charge in [0.25, 0.3) is 0 Å². The van der Waals surface area contributed by atoms with Crippen molar-refractivity contribution >= 4 is 17.3 Å². The fraction of sp³-hybridized carbons (Fsp3) is 0.333. The lowest BCUT2D eigenvalue weighted by molar-refractivity contribution is 0.170. The van der Waals surface area contributed by atoms with Crippen LogP contribution in [-0.4, -0.2) is 30.8 Å². The van der Waals surface area contributed by atoms with Gasteiger partial charge in [0.05, 0.1) is 11.8 Å². The van der Waals surface area contributed by atoms with Crippen LogP contribution in [0.15, 0.2) is 42.5 Å². The van der Waals surface area contributed by atoms with E-state index in [1.54, 1.807) is 24.3 Å². The summed E-state index contributed by atoms with van der Waals surface area (Å²) in [5.41, 5.74) is 1.21. The van der Waals surface area contributed by atoms with Crippen LogP contribution in [0.1, 0.15) is 18.1 Å². The minimum Gasteiger partial charge on any atom is -0.387 e. The minimum absolute atomic E-state index is 0.162. The summed E-state index contributed by atoms with van der Waals surface area (Å²) in [4.78, 5) is 1.97. The number of hydrogen-bond acceptors (Lipinski definition) is 3. The molecule has 6 heteroatoms. The van der Waals surface area contributed by atoms with E-state index in [2.05, 4.69) is 5.32 Å². The van der Waals surface area contributed by atoms with Gasteiger partial charge in [-0.3, -0.25) is 0 Å². The zero-order chi connectivity index (χ0) is 17.1. The van der Waals surface area contributed by atoms with E-state index in [0.29, 0.717) is 29.4 Å². The molecule has 0 saturated carbocycles. The topological polar surface area (TPSA) is 35.5 Å². The van der Waals surface area contributed by atoms with Crippen molar-refractivity contribution in [3.63, 3.8) is 0 Å². The Kier molecular flexibility index (Phi) is 5.33. The molecule has 3 nitrogen and oxygen atoms in total. The van der Waals surface area contributed by atoms with E-state index in [-0.39, 0.29) is 17.7 Å². The van der Waals surface area contributed by atoms with Gasteiger partial charge in [0.15, 0.2) is 0 Å². The minimum atomic E-state index is -0.702. The number of nitrogens with zero attached hydrogens (tertiary/aromatic N) is 1. The molecule has 0 aliphatic carbocycles. The third kappa shape index (κ3) is 4.04. The molecule has 2 aromatic rings. The van der Waals surface area contributed by atoms with E-state index in [1.807, 2.05) is 4.90 Å². The molecule has 1 fully saturated rings. The molecular formula is C18H19ClF2N2O. The van der Waals surface area contributed by atoms with Gasteiger partial charge >= 0.3 is 0 Å². The quantitative estimate of drug-likeness (QED) is 0.864. The van der Waals surface area contributed by atoms with Crippen LogP contribution in [0.5, 0.6) is 0 Å². The lowest BCUT2D eigenvalue weighted by Gasteiger charge is -2.20. The normalized spacial score (nSPS) is 18.8. The highest BCUT2D eigenvalue weighted by Gasteiger charge is 2.24. The van der Waals surface area contributed by atoms with Gasteiger partial charge in [0.2, 0.25) is 0 Å². The molecule has 2 N–H and O–H groups in total. The molecule has 1 aliphatic rings. The van der Waals surface area contributed by atoms with Gasteiger partial charge in [-0.15, -0.1) is 0 Å². The fourth-order valence-corrected chi connectivity index (χ4v) is 3.12. The van der Waals surface area contributed by atoms with Gasteiger partial charge in [-0.25, -0.2) is 8.78 Å². The standard InChI is InChI=1S/C18H19ClF2N2O/c19-13-3-6-17(16(21)9-13)23-8-7-15(11-23)22-10-18(24)12-1-4-14(20)5-2-12/h1-6,9,15,18,22,24H,7-8,10-11H2. The molecular weight excluding hydrogens is 334 g/mol. The molecule has 2 aromatic carbocycles. The average Bonchev–Trinajstić information content (AvgIpc) is 3.02. The van der Waals surface area contributed by atoms with Gasteiger partial charge in [0.1, 0.15) is 11.6 Å². The number of benzene rings is 2. The molecule has 128 valence electrons. The first-order chi connectivity index (χ1) is 11.5. The molecule has 2 atom stereocenters. The smallest absolute Gasteiger partial charge is 0.147 e. The number of aliphatic hydroxyl groups excluding tert-OH is 1. The predicted molar refractivity (Wildman–Crippen MR) is 91.4 cm³/mol. The van der Waals surface area contributed by atoms with Crippen molar-refractivity contribution < 1.29 is 13.9 Å². The maximum Gasteiger partial charge on any atom is 0.147 e. The van der Waals surface area contributed by atoms with Crippen LogP contribution in [0.25, 0.3) is 0 Å². The highest BCUT2D eigenvalue weighted by Crippen LogP contribution is 2.26. The second-order valence-electron chi connectivity index (χ2n) is 6.00. The van der Waals surface area contributed by atoms with Crippen molar-refractivity contribution in [2.24, 2.45) is 0 Å². The number of aliphatic hydroxyl groups is 1. The van der Waals surface area contributed by atoms with Gasteiger partial charge < -0.3 is 15.3 Å². The first-order valence-corrected chi connectivity index (χ1v) is 8.27. The third-order valence-corrected chi connectivity index (χ3v) is 4.53. The first-order valence-electron chi connectivity index (χ1n) is 7.90. The van der Waals surface area contributed by atoms with Crippen LogP contribution in [-0.2, 0) is 0 Å². The first kappa shape index (κ1) is 17.1. The lowest BCUT2D eigenvalue weighted by atomic mass is 10.1. The molecule has 1 aliphatic heterocycles. The van der Waals surface area contributed by atoms with Gasteiger partial charge in [-0.1, -0.05) is 23.7 Å². The third-order valence-electron chi connectivity index (χ3n) is 4.29. The average molecular weight is 353 g/mol. The zero-order valence-corrected chi connectivity index (χ0v) is 13.8. The maximum absolute atomic E-state index is 14.0. The molecule has 3 rings (SSSR count). The molecule has 0 bridgehead atoms. The van der Waals surface area contributed by atoms with Crippen LogP contribution in [0.4, 0.5) is 14.5 Å². The Balaban J connectivity index is 1.53. The predicted octanol–water partition coefficient (Wildman–Crippen LogP) is 3.52. The Hall–Kier alpha value is -1.69. The molecule has 1 saturated heterocycles. The Bertz CT molecular complexity index is 696. The highest BCUT2D eigenvalue weighted by molar-refractivity contribution is 6.30. The second kappa shape index (κ2) is 7.47. The van der Waals surface area contributed by atoms with Crippen molar-refractivity contribution in [1.29, 1.82) is 0 Å². The summed E-state index contributed by atoms with van der Waals surface area (Å²) >= 11 is 5.78. The van der Waals surface area contributed by atoms with Crippen molar-refractivity contribution in [3.8, 4) is 0 Å². The van der Waals surface area contributed by atoms with Gasteiger partial charge in [-0.05, 0) is 42.3 Å². The summed E-state index contributed by atoms with van der Waals surface area (Å²) in [5, 5.41) is 13.8. The number of anilines is 1. The molecule has 0 aromatic heterocycles. The van der Waals surface area contributed by atoms with Crippen LogP contribution >= 0.6 is 11.6 Å². The van der Waals surface area contributed by atoms with Crippen LogP contribution < -0.4 is 10.2 Å². The summed E-state index contributed by atoms with van der Waals surface area (Å²) in [5.74, 6) is -0.648. The van der Waals surface area contributed by atoms with Crippen molar-refractivity contribution in [2.45, 2.75) is 18.6 Å². The van der Waals surface area contributed by atoms with Crippen molar-refractivity contribution in [3.05, 3.63) is 64.7 Å². The molecule has 0 spiro atoms.